The summed E-state index contributed by atoms with van der Waals surface area (Å²) in [5.74, 6) is 0. The van der Waals surface area contributed by atoms with Crippen molar-refractivity contribution in [3.8, 4) is 0 Å². The molecule has 0 aliphatic heterocycles. The number of fused-ring (bicyclic) bond motifs is 3. The van der Waals surface area contributed by atoms with Gasteiger partial charge in [0.25, 0.3) is 0 Å². The number of rotatable bonds is 5. The lowest BCUT2D eigenvalue weighted by Crippen LogP contribution is -1.83. The zero-order chi connectivity index (χ0) is 18.6. The predicted molar refractivity (Wildman–Crippen MR) is 124 cm³/mol. The Labute approximate surface area is 172 Å². The molecule has 0 unspecified atom stereocenters. The summed E-state index contributed by atoms with van der Waals surface area (Å²) in [6, 6.07) is 23.8. The van der Waals surface area contributed by atoms with Gasteiger partial charge in [-0.3, -0.25) is 0 Å². The van der Waals surface area contributed by atoms with Gasteiger partial charge in [-0.25, -0.2) is 0 Å². The first kappa shape index (κ1) is 18.0. The van der Waals surface area contributed by atoms with Crippen molar-refractivity contribution in [3.63, 3.8) is 0 Å². The van der Waals surface area contributed by atoms with Crippen molar-refractivity contribution in [3.05, 3.63) is 113 Å². The maximum Gasteiger partial charge on any atom is 0.0355 e. The fourth-order valence-corrected chi connectivity index (χ4v) is 4.57. The van der Waals surface area contributed by atoms with Crippen LogP contribution in [-0.2, 0) is 6.42 Å². The molecule has 0 saturated carbocycles. The minimum absolute atomic E-state index is 0.908. The van der Waals surface area contributed by atoms with E-state index in [0.717, 1.165) is 10.9 Å². The molecule has 4 aromatic rings. The molecule has 1 heterocycles. The molecule has 0 fully saturated rings. The molecule has 3 aromatic carbocycles. The van der Waals surface area contributed by atoms with Gasteiger partial charge in [-0.1, -0.05) is 83.2 Å². The maximum atomic E-state index is 3.89. The Morgan fingerprint density at radius 2 is 1.70 bits per heavy atom. The summed E-state index contributed by atoms with van der Waals surface area (Å²) in [6.45, 7) is 3.89. The average molecular weight is 431 g/mol. The van der Waals surface area contributed by atoms with Gasteiger partial charge in [0.15, 0.2) is 0 Å². The van der Waals surface area contributed by atoms with Crippen molar-refractivity contribution in [2.45, 2.75) is 6.42 Å². The van der Waals surface area contributed by atoms with E-state index in [1.54, 1.807) is 0 Å². The van der Waals surface area contributed by atoms with Crippen molar-refractivity contribution < 1.29 is 0 Å². The Kier molecular flexibility index (Phi) is 5.38. The molecule has 0 bridgehead atoms. The Bertz CT molecular complexity index is 1160. The molecule has 0 aliphatic carbocycles. The summed E-state index contributed by atoms with van der Waals surface area (Å²) in [7, 11) is 0. The number of hydrogen-bond donors (Lipinski definition) is 0. The number of hydrogen-bond acceptors (Lipinski definition) is 1. The Morgan fingerprint density at radius 3 is 2.52 bits per heavy atom. The fourth-order valence-electron chi connectivity index (χ4n) is 3.22. The van der Waals surface area contributed by atoms with Crippen molar-refractivity contribution in [1.29, 1.82) is 0 Å². The summed E-state index contributed by atoms with van der Waals surface area (Å²) in [5.41, 5.74) is 3.70. The smallest absolute Gasteiger partial charge is 0.0355 e. The molecule has 132 valence electrons. The van der Waals surface area contributed by atoms with E-state index in [1.807, 2.05) is 17.4 Å². The minimum Gasteiger partial charge on any atom is -0.135 e. The van der Waals surface area contributed by atoms with E-state index < -0.39 is 0 Å². The summed E-state index contributed by atoms with van der Waals surface area (Å²) < 4.78 is 3.78. The summed E-state index contributed by atoms with van der Waals surface area (Å²) >= 11 is 5.33. The lowest BCUT2D eigenvalue weighted by molar-refractivity contribution is 1.27. The summed E-state index contributed by atoms with van der Waals surface area (Å²) in [6.07, 6.45) is 9.25. The number of halogens is 1. The molecule has 0 N–H and O–H groups in total. The number of allylic oxidation sites excluding steroid dienone is 5. The first-order chi connectivity index (χ1) is 13.2. The monoisotopic (exact) mass is 430 g/mol. The van der Waals surface area contributed by atoms with Gasteiger partial charge in [0.1, 0.15) is 0 Å². The highest BCUT2D eigenvalue weighted by Gasteiger charge is 2.06. The van der Waals surface area contributed by atoms with Crippen LogP contribution in [-0.4, -0.2) is 0 Å². The highest BCUT2D eigenvalue weighted by atomic mass is 79.9. The van der Waals surface area contributed by atoms with Crippen LogP contribution in [0.15, 0.2) is 102 Å². The lowest BCUT2D eigenvalue weighted by atomic mass is 10.0. The quantitative estimate of drug-likeness (QED) is 0.280. The van der Waals surface area contributed by atoms with E-state index in [9.17, 15) is 0 Å². The van der Waals surface area contributed by atoms with Gasteiger partial charge in [-0.05, 0) is 53.5 Å². The molecule has 2 heteroatoms. The van der Waals surface area contributed by atoms with E-state index in [4.69, 9.17) is 0 Å². The molecule has 1 aromatic heterocycles. The van der Waals surface area contributed by atoms with Gasteiger partial charge in [0.05, 0.1) is 0 Å². The van der Waals surface area contributed by atoms with Crippen molar-refractivity contribution in [2.75, 3.05) is 0 Å². The van der Waals surface area contributed by atoms with Crippen LogP contribution in [0.5, 0.6) is 0 Å². The van der Waals surface area contributed by atoms with Crippen LogP contribution in [0, 0.1) is 0 Å². The predicted octanol–water partition coefficient (Wildman–Crippen LogP) is 8.19. The maximum absolute atomic E-state index is 3.89. The summed E-state index contributed by atoms with van der Waals surface area (Å²) in [4.78, 5) is 0. The molecular formula is C25H19BrS. The van der Waals surface area contributed by atoms with E-state index >= 15 is 0 Å². The second-order valence-corrected chi connectivity index (χ2v) is 8.40. The molecule has 0 aliphatic rings. The van der Waals surface area contributed by atoms with Crippen LogP contribution >= 0.6 is 27.3 Å². The van der Waals surface area contributed by atoms with Crippen molar-refractivity contribution >= 4 is 53.0 Å². The van der Waals surface area contributed by atoms with Crippen molar-refractivity contribution in [1.82, 2.24) is 0 Å². The third-order valence-electron chi connectivity index (χ3n) is 4.57. The topological polar surface area (TPSA) is 0 Å². The van der Waals surface area contributed by atoms with E-state index in [0.29, 0.717) is 0 Å². The molecule has 4 rings (SSSR count). The lowest BCUT2D eigenvalue weighted by Gasteiger charge is -2.04. The molecule has 0 atom stereocenters. The third-order valence-corrected chi connectivity index (χ3v) is 6.25. The van der Waals surface area contributed by atoms with Crippen LogP contribution < -0.4 is 0 Å². The van der Waals surface area contributed by atoms with Gasteiger partial charge in [-0.15, -0.1) is 11.3 Å². The summed E-state index contributed by atoms with van der Waals surface area (Å²) in [5, 5.41) is 2.65. The van der Waals surface area contributed by atoms with Gasteiger partial charge in [-0.2, -0.15) is 0 Å². The highest BCUT2D eigenvalue weighted by molar-refractivity contribution is 9.10. The van der Waals surface area contributed by atoms with Gasteiger partial charge in [0, 0.05) is 24.6 Å². The second kappa shape index (κ2) is 8.08. The Morgan fingerprint density at radius 1 is 0.926 bits per heavy atom. The SMILES string of the molecule is C=C/C=C(\C=C/Cc1ccc(Br)cc1)c1ccc2sc3ccccc3c2c1. The van der Waals surface area contributed by atoms with Gasteiger partial charge >= 0.3 is 0 Å². The van der Waals surface area contributed by atoms with E-state index in [1.165, 1.54) is 36.9 Å². The van der Waals surface area contributed by atoms with Crippen LogP contribution in [0.2, 0.25) is 0 Å². The zero-order valence-corrected chi connectivity index (χ0v) is 17.3. The molecule has 0 saturated heterocycles. The normalized spacial score (nSPS) is 12.3. The molecular weight excluding hydrogens is 412 g/mol. The number of benzene rings is 3. The van der Waals surface area contributed by atoms with Gasteiger partial charge in [0.2, 0.25) is 0 Å². The van der Waals surface area contributed by atoms with E-state index in [-0.39, 0.29) is 0 Å². The molecule has 27 heavy (non-hydrogen) atoms. The standard InChI is InChI=1S/C25H19BrS/c1-2-6-19(8-5-7-18-11-14-21(26)15-12-18)20-13-16-25-23(17-20)22-9-3-4-10-24(22)27-25/h2-6,8-17H,1,7H2/b8-5-,19-6+. The van der Waals surface area contributed by atoms with Crippen LogP contribution in [0.3, 0.4) is 0 Å². The Balaban J connectivity index is 1.66. The third kappa shape index (κ3) is 3.97. The minimum atomic E-state index is 0.908. The highest BCUT2D eigenvalue weighted by Crippen LogP contribution is 2.35. The largest absolute Gasteiger partial charge is 0.135 e. The van der Waals surface area contributed by atoms with Crippen molar-refractivity contribution in [2.24, 2.45) is 0 Å². The molecule has 0 amide bonds. The van der Waals surface area contributed by atoms with Gasteiger partial charge < -0.3 is 0 Å². The average Bonchev–Trinajstić information content (AvgIpc) is 3.07. The molecule has 0 radical (unpaired) electrons. The Hall–Kier alpha value is -2.42. The van der Waals surface area contributed by atoms with Crippen LogP contribution in [0.4, 0.5) is 0 Å². The number of thiophene rings is 1. The molecule has 0 spiro atoms. The zero-order valence-electron chi connectivity index (χ0n) is 14.9. The van der Waals surface area contributed by atoms with Crippen LogP contribution in [0.25, 0.3) is 25.7 Å². The first-order valence-corrected chi connectivity index (χ1v) is 10.5. The fraction of sp³-hybridized carbons (Fsp3) is 0.0400. The first-order valence-electron chi connectivity index (χ1n) is 8.90. The molecule has 0 nitrogen and oxygen atoms in total. The van der Waals surface area contributed by atoms with E-state index in [2.05, 4.69) is 107 Å². The van der Waals surface area contributed by atoms with Crippen LogP contribution in [0.1, 0.15) is 11.1 Å². The second-order valence-electron chi connectivity index (χ2n) is 6.40.